The van der Waals surface area contributed by atoms with Gasteiger partial charge in [0.25, 0.3) is 0 Å². The van der Waals surface area contributed by atoms with Crippen LogP contribution in [0.15, 0.2) is 48.5 Å². The van der Waals surface area contributed by atoms with Crippen molar-refractivity contribution < 1.29 is 14.3 Å². The van der Waals surface area contributed by atoms with Crippen LogP contribution in [0.2, 0.25) is 0 Å². The Kier molecular flexibility index (Phi) is 3.22. The molecule has 0 aliphatic rings. The third kappa shape index (κ3) is 2.40. The van der Waals surface area contributed by atoms with E-state index in [0.29, 0.717) is 6.54 Å². The number of aromatic nitrogens is 1. The van der Waals surface area contributed by atoms with Crippen LogP contribution in [0, 0.1) is 12.7 Å². The number of aryl methyl sites for hydroxylation is 1. The van der Waals surface area contributed by atoms with E-state index in [1.165, 1.54) is 12.1 Å². The molecule has 0 aliphatic carbocycles. The number of carboxylic acid groups (broad SMARTS) is 1. The average molecular weight is 283 g/mol. The largest absolute Gasteiger partial charge is 0.477 e. The number of fused-ring (bicyclic) bond motifs is 1. The van der Waals surface area contributed by atoms with Gasteiger partial charge in [-0.2, -0.15) is 0 Å². The molecule has 21 heavy (non-hydrogen) atoms. The minimum atomic E-state index is -0.967. The van der Waals surface area contributed by atoms with Crippen molar-refractivity contribution in [1.29, 1.82) is 0 Å². The molecule has 0 bridgehead atoms. The summed E-state index contributed by atoms with van der Waals surface area (Å²) < 4.78 is 14.9. The van der Waals surface area contributed by atoms with Crippen molar-refractivity contribution in [1.82, 2.24) is 4.57 Å². The number of para-hydroxylation sites is 1. The fraction of sp³-hybridized carbons (Fsp3) is 0.118. The summed E-state index contributed by atoms with van der Waals surface area (Å²) in [5.41, 5.74) is 2.81. The SMILES string of the molecule is Cc1cc(F)ccc1Cn1c(C(=O)O)cc2ccccc21. The lowest BCUT2D eigenvalue weighted by Gasteiger charge is -2.11. The van der Waals surface area contributed by atoms with Crippen LogP contribution >= 0.6 is 0 Å². The fourth-order valence-electron chi connectivity index (χ4n) is 2.56. The van der Waals surface area contributed by atoms with Gasteiger partial charge in [-0.05, 0) is 42.3 Å². The van der Waals surface area contributed by atoms with Crippen molar-refractivity contribution in [3.05, 3.63) is 71.2 Å². The van der Waals surface area contributed by atoms with Gasteiger partial charge in [0.2, 0.25) is 0 Å². The maximum atomic E-state index is 13.2. The molecule has 1 aromatic heterocycles. The summed E-state index contributed by atoms with van der Waals surface area (Å²) in [6.45, 7) is 2.23. The minimum Gasteiger partial charge on any atom is -0.477 e. The molecule has 4 heteroatoms. The van der Waals surface area contributed by atoms with Gasteiger partial charge in [0.1, 0.15) is 11.5 Å². The van der Waals surface area contributed by atoms with Crippen LogP contribution in [0.3, 0.4) is 0 Å². The van der Waals surface area contributed by atoms with Gasteiger partial charge in [-0.1, -0.05) is 24.3 Å². The Labute approximate surface area is 121 Å². The highest BCUT2D eigenvalue weighted by Gasteiger charge is 2.15. The quantitative estimate of drug-likeness (QED) is 0.793. The normalized spacial score (nSPS) is 11.0. The molecular weight excluding hydrogens is 269 g/mol. The Morgan fingerprint density at radius 2 is 1.95 bits per heavy atom. The van der Waals surface area contributed by atoms with Crippen molar-refractivity contribution in [3.8, 4) is 0 Å². The first-order valence-corrected chi connectivity index (χ1v) is 6.63. The summed E-state index contributed by atoms with van der Waals surface area (Å²) in [4.78, 5) is 11.4. The molecule has 0 saturated carbocycles. The van der Waals surface area contributed by atoms with Gasteiger partial charge in [-0.25, -0.2) is 9.18 Å². The molecule has 0 aliphatic heterocycles. The predicted molar refractivity (Wildman–Crippen MR) is 79.1 cm³/mol. The van der Waals surface area contributed by atoms with Gasteiger partial charge in [0.15, 0.2) is 0 Å². The molecule has 106 valence electrons. The fourth-order valence-corrected chi connectivity index (χ4v) is 2.56. The zero-order valence-corrected chi connectivity index (χ0v) is 11.5. The first-order chi connectivity index (χ1) is 10.1. The molecule has 1 heterocycles. The molecule has 0 spiro atoms. The Balaban J connectivity index is 2.14. The Bertz CT molecular complexity index is 836. The van der Waals surface area contributed by atoms with E-state index in [2.05, 4.69) is 0 Å². The van der Waals surface area contributed by atoms with Crippen molar-refractivity contribution in [2.24, 2.45) is 0 Å². The van der Waals surface area contributed by atoms with Crippen molar-refractivity contribution in [2.75, 3.05) is 0 Å². The number of hydrogen-bond acceptors (Lipinski definition) is 1. The van der Waals surface area contributed by atoms with E-state index in [9.17, 15) is 14.3 Å². The number of carbonyl (C=O) groups is 1. The highest BCUT2D eigenvalue weighted by molar-refractivity contribution is 5.94. The topological polar surface area (TPSA) is 42.2 Å². The lowest BCUT2D eigenvalue weighted by molar-refractivity contribution is 0.0686. The number of halogens is 1. The molecular formula is C17H14FNO2. The van der Waals surface area contributed by atoms with Gasteiger partial charge in [0, 0.05) is 17.4 Å². The highest BCUT2D eigenvalue weighted by Crippen LogP contribution is 2.22. The van der Waals surface area contributed by atoms with E-state index in [-0.39, 0.29) is 11.5 Å². The summed E-state index contributed by atoms with van der Waals surface area (Å²) >= 11 is 0. The van der Waals surface area contributed by atoms with E-state index >= 15 is 0 Å². The van der Waals surface area contributed by atoms with Gasteiger partial charge >= 0.3 is 5.97 Å². The van der Waals surface area contributed by atoms with Crippen molar-refractivity contribution in [2.45, 2.75) is 13.5 Å². The summed E-state index contributed by atoms with van der Waals surface area (Å²) in [5, 5.41) is 10.3. The number of rotatable bonds is 3. The summed E-state index contributed by atoms with van der Waals surface area (Å²) in [6.07, 6.45) is 0. The second kappa shape index (κ2) is 5.05. The van der Waals surface area contributed by atoms with E-state index in [0.717, 1.165) is 22.0 Å². The molecule has 1 N–H and O–H groups in total. The van der Waals surface area contributed by atoms with Crippen LogP contribution in [-0.4, -0.2) is 15.6 Å². The monoisotopic (exact) mass is 283 g/mol. The first kappa shape index (κ1) is 13.4. The van der Waals surface area contributed by atoms with Crippen molar-refractivity contribution >= 4 is 16.9 Å². The van der Waals surface area contributed by atoms with E-state index in [1.54, 1.807) is 16.7 Å². The third-order valence-corrected chi connectivity index (χ3v) is 3.66. The number of aromatic carboxylic acids is 1. The molecule has 0 fully saturated rings. The average Bonchev–Trinajstić information content (AvgIpc) is 2.81. The van der Waals surface area contributed by atoms with Crippen LogP contribution < -0.4 is 0 Å². The molecule has 3 aromatic rings. The van der Waals surface area contributed by atoms with Crippen LogP contribution in [0.1, 0.15) is 21.6 Å². The Hall–Kier alpha value is -2.62. The van der Waals surface area contributed by atoms with E-state index < -0.39 is 5.97 Å². The van der Waals surface area contributed by atoms with E-state index in [4.69, 9.17) is 0 Å². The van der Waals surface area contributed by atoms with Gasteiger partial charge in [-0.3, -0.25) is 0 Å². The summed E-state index contributed by atoms with van der Waals surface area (Å²) in [5.74, 6) is -1.25. The van der Waals surface area contributed by atoms with Crippen LogP contribution in [0.5, 0.6) is 0 Å². The zero-order valence-electron chi connectivity index (χ0n) is 11.5. The lowest BCUT2D eigenvalue weighted by atomic mass is 10.1. The highest BCUT2D eigenvalue weighted by atomic mass is 19.1. The molecule has 0 unspecified atom stereocenters. The second-order valence-corrected chi connectivity index (χ2v) is 5.05. The standard InChI is InChI=1S/C17H14FNO2/c1-11-8-14(18)7-6-13(11)10-19-15-5-3-2-4-12(15)9-16(19)17(20)21/h2-9H,10H2,1H3,(H,20,21). The van der Waals surface area contributed by atoms with Gasteiger partial charge < -0.3 is 9.67 Å². The Morgan fingerprint density at radius 3 is 2.67 bits per heavy atom. The minimum absolute atomic E-state index is 0.236. The number of hydrogen-bond donors (Lipinski definition) is 1. The zero-order chi connectivity index (χ0) is 15.0. The number of benzene rings is 2. The maximum absolute atomic E-state index is 13.2. The van der Waals surface area contributed by atoms with Gasteiger partial charge in [-0.15, -0.1) is 0 Å². The second-order valence-electron chi connectivity index (χ2n) is 5.05. The molecule has 3 nitrogen and oxygen atoms in total. The summed E-state index contributed by atoms with van der Waals surface area (Å²) in [7, 11) is 0. The summed E-state index contributed by atoms with van der Waals surface area (Å²) in [6, 6.07) is 13.7. The Morgan fingerprint density at radius 1 is 1.19 bits per heavy atom. The van der Waals surface area contributed by atoms with Crippen molar-refractivity contribution in [3.63, 3.8) is 0 Å². The molecule has 0 atom stereocenters. The smallest absolute Gasteiger partial charge is 0.352 e. The van der Waals surface area contributed by atoms with Crippen LogP contribution in [-0.2, 0) is 6.54 Å². The number of nitrogens with zero attached hydrogens (tertiary/aromatic N) is 1. The van der Waals surface area contributed by atoms with Crippen LogP contribution in [0.4, 0.5) is 4.39 Å². The molecule has 0 amide bonds. The number of carboxylic acids is 1. The first-order valence-electron chi connectivity index (χ1n) is 6.63. The van der Waals surface area contributed by atoms with E-state index in [1.807, 2.05) is 31.2 Å². The third-order valence-electron chi connectivity index (χ3n) is 3.66. The van der Waals surface area contributed by atoms with Gasteiger partial charge in [0.05, 0.1) is 0 Å². The molecule has 2 aromatic carbocycles. The molecule has 0 saturated heterocycles. The maximum Gasteiger partial charge on any atom is 0.352 e. The lowest BCUT2D eigenvalue weighted by Crippen LogP contribution is -2.10. The predicted octanol–water partition coefficient (Wildman–Crippen LogP) is 3.84. The molecule has 0 radical (unpaired) electrons. The van der Waals surface area contributed by atoms with Crippen LogP contribution in [0.25, 0.3) is 10.9 Å². The molecule has 3 rings (SSSR count).